The number of amides is 1. The summed E-state index contributed by atoms with van der Waals surface area (Å²) in [7, 11) is 1.25. The molecular formula is C18H21N3O4S. The summed E-state index contributed by atoms with van der Waals surface area (Å²) in [5.74, 6) is -0.994. The van der Waals surface area contributed by atoms with Crippen LogP contribution < -0.4 is 5.32 Å². The number of benzene rings is 1. The third-order valence-electron chi connectivity index (χ3n) is 3.32. The van der Waals surface area contributed by atoms with Gasteiger partial charge in [0.2, 0.25) is 0 Å². The van der Waals surface area contributed by atoms with E-state index in [-0.39, 0.29) is 4.91 Å². The summed E-state index contributed by atoms with van der Waals surface area (Å²) in [5.41, 5.74) is 1.94. The number of unbranched alkanes of at least 4 members (excludes halogenated alkanes) is 1. The van der Waals surface area contributed by atoms with Crippen molar-refractivity contribution in [2.24, 2.45) is 10.2 Å². The van der Waals surface area contributed by atoms with E-state index >= 15 is 0 Å². The molecule has 1 aromatic rings. The molecule has 0 spiro atoms. The lowest BCUT2D eigenvalue weighted by atomic mass is 10.1. The molecule has 0 saturated carbocycles. The Bertz CT molecular complexity index is 744. The van der Waals surface area contributed by atoms with Crippen molar-refractivity contribution < 1.29 is 19.1 Å². The fourth-order valence-electron chi connectivity index (χ4n) is 1.99. The van der Waals surface area contributed by atoms with Crippen LogP contribution in [0.25, 0.3) is 0 Å². The molecule has 7 nitrogen and oxygen atoms in total. The molecule has 0 unspecified atom stereocenters. The van der Waals surface area contributed by atoms with Crippen molar-refractivity contribution in [2.45, 2.75) is 26.4 Å². The van der Waals surface area contributed by atoms with Gasteiger partial charge in [0.25, 0.3) is 5.91 Å². The summed E-state index contributed by atoms with van der Waals surface area (Å²) in [5, 5.41) is 10.8. The van der Waals surface area contributed by atoms with Gasteiger partial charge in [-0.1, -0.05) is 31.5 Å². The maximum atomic E-state index is 11.7. The highest BCUT2D eigenvalue weighted by molar-refractivity contribution is 8.18. The first kappa shape index (κ1) is 19.9. The van der Waals surface area contributed by atoms with Crippen LogP contribution in [-0.2, 0) is 25.7 Å². The number of carbonyl (C=O) groups is 2. The van der Waals surface area contributed by atoms with Gasteiger partial charge in [-0.15, -0.1) is 5.10 Å². The van der Waals surface area contributed by atoms with Crippen molar-refractivity contribution >= 4 is 35.0 Å². The zero-order valence-electron chi connectivity index (χ0n) is 14.7. The van der Waals surface area contributed by atoms with Gasteiger partial charge in [-0.25, -0.2) is 4.79 Å². The summed E-state index contributed by atoms with van der Waals surface area (Å²) in [6, 6.07) is 7.79. The predicted molar refractivity (Wildman–Crippen MR) is 102 cm³/mol. The number of carbonyl (C=O) groups excluding carboxylic acids is 2. The van der Waals surface area contributed by atoms with Crippen LogP contribution >= 0.6 is 11.8 Å². The third-order valence-corrected chi connectivity index (χ3v) is 4.22. The van der Waals surface area contributed by atoms with Crippen LogP contribution in [0.5, 0.6) is 0 Å². The molecule has 1 aromatic carbocycles. The van der Waals surface area contributed by atoms with E-state index < -0.39 is 11.9 Å². The minimum Gasteiger partial charge on any atom is -0.466 e. The number of thioether (sulfide) groups is 1. The second-order valence-electron chi connectivity index (χ2n) is 5.39. The smallest absolute Gasteiger partial charge is 0.331 e. The number of rotatable bonds is 8. The van der Waals surface area contributed by atoms with Gasteiger partial charge in [-0.2, -0.15) is 5.10 Å². The molecule has 1 saturated heterocycles. The summed E-state index contributed by atoms with van der Waals surface area (Å²) < 4.78 is 10.1. The Labute approximate surface area is 156 Å². The standard InChI is InChI=1S/C18H21N3O4S/c1-3-4-8-25-12-14-7-5-6-13(9-14)11-19-21-18-20-17(23)15(26-18)10-16(22)24-2/h5-7,9-11H,3-4,8,12H2,1-2H3,(H,20,21,23)/b15-10+,19-11?. The number of nitrogens with one attached hydrogen (secondary N) is 1. The van der Waals surface area contributed by atoms with Crippen LogP contribution in [0.15, 0.2) is 45.4 Å². The van der Waals surface area contributed by atoms with Crippen molar-refractivity contribution in [1.29, 1.82) is 0 Å². The van der Waals surface area contributed by atoms with E-state index in [1.807, 2.05) is 24.3 Å². The normalized spacial score (nSPS) is 17.2. The molecule has 138 valence electrons. The second kappa shape index (κ2) is 10.5. The van der Waals surface area contributed by atoms with E-state index in [2.05, 4.69) is 27.2 Å². The highest BCUT2D eigenvalue weighted by Crippen LogP contribution is 2.23. The Morgan fingerprint density at radius 3 is 3.00 bits per heavy atom. The van der Waals surface area contributed by atoms with Crippen molar-refractivity contribution in [3.05, 3.63) is 46.4 Å². The molecule has 1 fully saturated rings. The van der Waals surface area contributed by atoms with Crippen molar-refractivity contribution in [3.8, 4) is 0 Å². The van der Waals surface area contributed by atoms with Crippen LogP contribution in [0.4, 0.5) is 0 Å². The number of ether oxygens (including phenoxy) is 2. The molecule has 1 heterocycles. The first-order valence-corrected chi connectivity index (χ1v) is 9.00. The van der Waals surface area contributed by atoms with E-state index in [4.69, 9.17) is 4.74 Å². The minimum absolute atomic E-state index is 0.219. The highest BCUT2D eigenvalue weighted by Gasteiger charge is 2.24. The fraction of sp³-hybridized carbons (Fsp3) is 0.333. The van der Waals surface area contributed by atoms with Crippen molar-refractivity contribution in [2.75, 3.05) is 13.7 Å². The van der Waals surface area contributed by atoms with E-state index in [0.717, 1.165) is 48.4 Å². The third kappa shape index (κ3) is 6.45. The lowest BCUT2D eigenvalue weighted by Crippen LogP contribution is -2.19. The van der Waals surface area contributed by atoms with Gasteiger partial charge >= 0.3 is 5.97 Å². The Hall–Kier alpha value is -2.45. The van der Waals surface area contributed by atoms with E-state index in [9.17, 15) is 9.59 Å². The molecule has 0 aliphatic carbocycles. The van der Waals surface area contributed by atoms with Crippen LogP contribution in [0, 0.1) is 0 Å². The zero-order chi connectivity index (χ0) is 18.8. The number of nitrogens with zero attached hydrogens (tertiary/aromatic N) is 2. The summed E-state index contributed by atoms with van der Waals surface area (Å²) in [6.07, 6.45) is 4.87. The molecule has 1 aliphatic heterocycles. The molecule has 1 amide bonds. The van der Waals surface area contributed by atoms with E-state index in [0.29, 0.717) is 11.8 Å². The Balaban J connectivity index is 1.94. The quantitative estimate of drug-likeness (QED) is 0.248. The highest BCUT2D eigenvalue weighted by atomic mass is 32.2. The molecule has 0 aromatic heterocycles. The average molecular weight is 375 g/mol. The van der Waals surface area contributed by atoms with Gasteiger partial charge in [0.1, 0.15) is 0 Å². The molecule has 8 heteroatoms. The minimum atomic E-state index is -0.592. The summed E-state index contributed by atoms with van der Waals surface area (Å²) >= 11 is 1.03. The number of hydrogen-bond donors (Lipinski definition) is 1. The maximum Gasteiger partial charge on any atom is 0.331 e. The Morgan fingerprint density at radius 2 is 2.23 bits per heavy atom. The largest absolute Gasteiger partial charge is 0.466 e. The molecular weight excluding hydrogens is 354 g/mol. The lowest BCUT2D eigenvalue weighted by molar-refractivity contribution is -0.135. The maximum absolute atomic E-state index is 11.7. The fourth-order valence-corrected chi connectivity index (χ4v) is 2.73. The molecule has 1 aliphatic rings. The number of amidine groups is 1. The zero-order valence-corrected chi connectivity index (χ0v) is 15.5. The second-order valence-corrected chi connectivity index (χ2v) is 6.42. The monoisotopic (exact) mass is 375 g/mol. The lowest BCUT2D eigenvalue weighted by Gasteiger charge is -2.04. The number of esters is 1. The number of hydrogen-bond acceptors (Lipinski definition) is 7. The van der Waals surface area contributed by atoms with E-state index in [1.165, 1.54) is 7.11 Å². The SMILES string of the molecule is CCCCOCc1cccc(C=N/N=C2/NC(=O)/C(=C\C(=O)OC)S2)c1. The topological polar surface area (TPSA) is 89.4 Å². The summed E-state index contributed by atoms with van der Waals surface area (Å²) in [6.45, 7) is 3.44. The predicted octanol–water partition coefficient (Wildman–Crippen LogP) is 2.61. The van der Waals surface area contributed by atoms with Gasteiger partial charge < -0.3 is 9.47 Å². The van der Waals surface area contributed by atoms with Crippen LogP contribution in [0.2, 0.25) is 0 Å². The molecule has 0 bridgehead atoms. The van der Waals surface area contributed by atoms with Crippen molar-refractivity contribution in [3.63, 3.8) is 0 Å². The van der Waals surface area contributed by atoms with Crippen LogP contribution in [0.3, 0.4) is 0 Å². The average Bonchev–Trinajstić information content (AvgIpc) is 2.98. The molecule has 0 radical (unpaired) electrons. The van der Waals surface area contributed by atoms with Crippen LogP contribution in [-0.4, -0.2) is 37.0 Å². The number of methoxy groups -OCH3 is 1. The van der Waals surface area contributed by atoms with Gasteiger partial charge in [-0.3, -0.25) is 10.1 Å². The van der Waals surface area contributed by atoms with E-state index in [1.54, 1.807) is 6.21 Å². The Kier molecular flexibility index (Phi) is 8.04. The first-order chi connectivity index (χ1) is 12.6. The molecule has 26 heavy (non-hydrogen) atoms. The van der Waals surface area contributed by atoms with Gasteiger partial charge in [0, 0.05) is 12.7 Å². The molecule has 1 N–H and O–H groups in total. The van der Waals surface area contributed by atoms with Gasteiger partial charge in [0.05, 0.1) is 24.8 Å². The van der Waals surface area contributed by atoms with Gasteiger partial charge in [-0.05, 0) is 35.4 Å². The van der Waals surface area contributed by atoms with Gasteiger partial charge in [0.15, 0.2) is 5.17 Å². The first-order valence-electron chi connectivity index (χ1n) is 8.19. The van der Waals surface area contributed by atoms with Crippen molar-refractivity contribution in [1.82, 2.24) is 5.32 Å². The molecule has 0 atom stereocenters. The molecule has 2 rings (SSSR count). The van der Waals surface area contributed by atoms with Crippen LogP contribution in [0.1, 0.15) is 30.9 Å². The summed E-state index contributed by atoms with van der Waals surface area (Å²) in [4.78, 5) is 23.1. The Morgan fingerprint density at radius 1 is 1.38 bits per heavy atom.